The first-order valence-corrected chi connectivity index (χ1v) is 4.80. The maximum Gasteiger partial charge on any atom is 0.298 e. The van der Waals surface area contributed by atoms with Gasteiger partial charge in [-0.2, -0.15) is 4.98 Å². The van der Waals surface area contributed by atoms with Gasteiger partial charge in [0.05, 0.1) is 6.20 Å². The second-order valence-electron chi connectivity index (χ2n) is 3.01. The third-order valence-electron chi connectivity index (χ3n) is 2.21. The average Bonchev–Trinajstić information content (AvgIpc) is 2.63. The topological polar surface area (TPSA) is 42.2 Å². The molecular formula is C10H13N3O. The highest BCUT2D eigenvalue weighted by Crippen LogP contribution is 2.20. The van der Waals surface area contributed by atoms with Crippen molar-refractivity contribution in [2.45, 2.75) is 13.8 Å². The number of pyridine rings is 1. The molecule has 0 amide bonds. The molecular weight excluding hydrogens is 178 g/mol. The minimum absolute atomic E-state index is 0.679. The van der Waals surface area contributed by atoms with E-state index in [1.54, 1.807) is 12.4 Å². The van der Waals surface area contributed by atoms with Crippen LogP contribution in [0, 0.1) is 0 Å². The SMILES string of the molecule is CCN(CC)c1nc2ccncc2o1. The van der Waals surface area contributed by atoms with Crippen molar-refractivity contribution in [3.63, 3.8) is 0 Å². The van der Waals surface area contributed by atoms with Gasteiger partial charge in [-0.3, -0.25) is 4.98 Å². The Morgan fingerprint density at radius 3 is 2.79 bits per heavy atom. The summed E-state index contributed by atoms with van der Waals surface area (Å²) in [6.45, 7) is 5.96. The van der Waals surface area contributed by atoms with Crippen LogP contribution in [0.2, 0.25) is 0 Å². The Morgan fingerprint density at radius 2 is 2.14 bits per heavy atom. The summed E-state index contributed by atoms with van der Waals surface area (Å²) in [4.78, 5) is 10.4. The number of oxazole rings is 1. The van der Waals surface area contributed by atoms with E-state index in [1.807, 2.05) is 6.07 Å². The van der Waals surface area contributed by atoms with Crippen LogP contribution in [0.1, 0.15) is 13.8 Å². The van der Waals surface area contributed by atoms with Crippen LogP contribution in [-0.2, 0) is 0 Å². The van der Waals surface area contributed by atoms with E-state index in [1.165, 1.54) is 0 Å². The van der Waals surface area contributed by atoms with Crippen LogP contribution >= 0.6 is 0 Å². The Kier molecular flexibility index (Phi) is 2.35. The van der Waals surface area contributed by atoms with Crippen molar-refractivity contribution in [3.05, 3.63) is 18.5 Å². The molecule has 0 aliphatic rings. The average molecular weight is 191 g/mol. The number of hydrogen-bond acceptors (Lipinski definition) is 4. The molecule has 0 aliphatic heterocycles. The maximum absolute atomic E-state index is 5.56. The van der Waals surface area contributed by atoms with Gasteiger partial charge in [-0.25, -0.2) is 0 Å². The molecule has 2 aromatic rings. The standard InChI is InChI=1S/C10H13N3O/c1-3-13(4-2)10-12-8-5-6-11-7-9(8)14-10/h5-7H,3-4H2,1-2H3. The van der Waals surface area contributed by atoms with Gasteiger partial charge in [-0.1, -0.05) is 0 Å². The van der Waals surface area contributed by atoms with Crippen LogP contribution in [0.15, 0.2) is 22.9 Å². The van der Waals surface area contributed by atoms with Crippen molar-refractivity contribution in [1.29, 1.82) is 0 Å². The molecule has 74 valence electrons. The molecule has 0 aromatic carbocycles. The monoisotopic (exact) mass is 191 g/mol. The van der Waals surface area contributed by atoms with Crippen LogP contribution in [0.3, 0.4) is 0 Å². The molecule has 0 unspecified atom stereocenters. The van der Waals surface area contributed by atoms with E-state index in [0.717, 1.165) is 24.2 Å². The van der Waals surface area contributed by atoms with Crippen molar-refractivity contribution in [3.8, 4) is 0 Å². The van der Waals surface area contributed by atoms with E-state index in [-0.39, 0.29) is 0 Å². The summed E-state index contributed by atoms with van der Waals surface area (Å²) in [5.41, 5.74) is 1.61. The van der Waals surface area contributed by atoms with E-state index in [2.05, 4.69) is 28.7 Å². The highest BCUT2D eigenvalue weighted by atomic mass is 16.4. The zero-order valence-electron chi connectivity index (χ0n) is 8.40. The zero-order valence-corrected chi connectivity index (χ0v) is 8.40. The molecule has 14 heavy (non-hydrogen) atoms. The molecule has 2 aromatic heterocycles. The fourth-order valence-corrected chi connectivity index (χ4v) is 1.40. The third-order valence-corrected chi connectivity index (χ3v) is 2.21. The largest absolute Gasteiger partial charge is 0.422 e. The minimum Gasteiger partial charge on any atom is -0.422 e. The quantitative estimate of drug-likeness (QED) is 0.744. The molecule has 0 spiro atoms. The number of aromatic nitrogens is 2. The molecule has 0 N–H and O–H groups in total. The first-order valence-electron chi connectivity index (χ1n) is 4.80. The molecule has 0 radical (unpaired) electrons. The molecule has 0 fully saturated rings. The Bertz CT molecular complexity index is 387. The number of rotatable bonds is 3. The van der Waals surface area contributed by atoms with Crippen molar-refractivity contribution in [2.24, 2.45) is 0 Å². The van der Waals surface area contributed by atoms with Gasteiger partial charge in [-0.05, 0) is 19.9 Å². The molecule has 0 aliphatic carbocycles. The van der Waals surface area contributed by atoms with E-state index in [4.69, 9.17) is 4.42 Å². The second kappa shape index (κ2) is 3.65. The highest BCUT2D eigenvalue weighted by Gasteiger charge is 2.09. The van der Waals surface area contributed by atoms with E-state index >= 15 is 0 Å². The smallest absolute Gasteiger partial charge is 0.298 e. The fraction of sp³-hybridized carbons (Fsp3) is 0.400. The highest BCUT2D eigenvalue weighted by molar-refractivity contribution is 5.73. The summed E-state index contributed by atoms with van der Waals surface area (Å²) in [5.74, 6) is 0. The van der Waals surface area contributed by atoms with E-state index in [0.29, 0.717) is 6.01 Å². The molecule has 2 rings (SSSR count). The molecule has 0 saturated heterocycles. The van der Waals surface area contributed by atoms with E-state index < -0.39 is 0 Å². The zero-order chi connectivity index (χ0) is 9.97. The summed E-state index contributed by atoms with van der Waals surface area (Å²) in [6.07, 6.45) is 3.41. The van der Waals surface area contributed by atoms with Crippen LogP contribution in [0.4, 0.5) is 6.01 Å². The maximum atomic E-state index is 5.56. The summed E-state index contributed by atoms with van der Waals surface area (Å²) >= 11 is 0. The summed E-state index contributed by atoms with van der Waals surface area (Å²) in [5, 5.41) is 0. The third kappa shape index (κ3) is 1.43. The van der Waals surface area contributed by atoms with Gasteiger partial charge in [0, 0.05) is 19.3 Å². The molecule has 4 heteroatoms. The molecule has 0 bridgehead atoms. The normalized spacial score (nSPS) is 10.7. The lowest BCUT2D eigenvalue weighted by Crippen LogP contribution is -2.21. The number of nitrogens with zero attached hydrogens (tertiary/aromatic N) is 3. The fourth-order valence-electron chi connectivity index (χ4n) is 1.40. The molecule has 0 atom stereocenters. The van der Waals surface area contributed by atoms with Gasteiger partial charge < -0.3 is 9.32 Å². The number of fused-ring (bicyclic) bond motifs is 1. The Balaban J connectivity index is 2.43. The second-order valence-corrected chi connectivity index (χ2v) is 3.01. The first-order chi connectivity index (χ1) is 6.85. The Labute approximate surface area is 82.6 Å². The summed E-state index contributed by atoms with van der Waals surface area (Å²) in [6, 6.07) is 2.53. The van der Waals surface area contributed by atoms with Crippen molar-refractivity contribution in [2.75, 3.05) is 18.0 Å². The van der Waals surface area contributed by atoms with Gasteiger partial charge in [0.2, 0.25) is 0 Å². The lowest BCUT2D eigenvalue weighted by atomic mass is 10.4. The molecule has 0 saturated carbocycles. The lowest BCUT2D eigenvalue weighted by Gasteiger charge is -2.14. The Hall–Kier alpha value is -1.58. The predicted octanol–water partition coefficient (Wildman–Crippen LogP) is 2.07. The number of anilines is 1. The van der Waals surface area contributed by atoms with Gasteiger partial charge in [0.15, 0.2) is 5.58 Å². The van der Waals surface area contributed by atoms with Gasteiger partial charge in [0.1, 0.15) is 5.52 Å². The lowest BCUT2D eigenvalue weighted by molar-refractivity contribution is 0.575. The summed E-state index contributed by atoms with van der Waals surface area (Å²) < 4.78 is 5.56. The van der Waals surface area contributed by atoms with Crippen LogP contribution in [0.25, 0.3) is 11.1 Å². The van der Waals surface area contributed by atoms with Gasteiger partial charge >= 0.3 is 0 Å². The number of hydrogen-bond donors (Lipinski definition) is 0. The minimum atomic E-state index is 0.679. The molecule has 2 heterocycles. The van der Waals surface area contributed by atoms with Crippen LogP contribution in [0.5, 0.6) is 0 Å². The summed E-state index contributed by atoms with van der Waals surface area (Å²) in [7, 11) is 0. The van der Waals surface area contributed by atoms with Crippen LogP contribution < -0.4 is 4.90 Å². The van der Waals surface area contributed by atoms with Crippen molar-refractivity contribution < 1.29 is 4.42 Å². The van der Waals surface area contributed by atoms with Gasteiger partial charge in [0.25, 0.3) is 6.01 Å². The van der Waals surface area contributed by atoms with E-state index in [9.17, 15) is 0 Å². The predicted molar refractivity (Wildman–Crippen MR) is 55.4 cm³/mol. The first kappa shape index (κ1) is 8.99. The van der Waals surface area contributed by atoms with Gasteiger partial charge in [-0.15, -0.1) is 0 Å². The molecule has 4 nitrogen and oxygen atoms in total. The van der Waals surface area contributed by atoms with Crippen molar-refractivity contribution >= 4 is 17.1 Å². The van der Waals surface area contributed by atoms with Crippen molar-refractivity contribution in [1.82, 2.24) is 9.97 Å². The Morgan fingerprint density at radius 1 is 1.36 bits per heavy atom. The van der Waals surface area contributed by atoms with Crippen LogP contribution in [-0.4, -0.2) is 23.1 Å².